The van der Waals surface area contributed by atoms with Gasteiger partial charge in [-0.05, 0) is 37.0 Å². The van der Waals surface area contributed by atoms with Crippen LogP contribution in [-0.2, 0) is 10.0 Å². The lowest BCUT2D eigenvalue weighted by Gasteiger charge is -2.29. The molecule has 0 radical (unpaired) electrons. The molecule has 1 aliphatic rings. The number of nitriles is 1. The van der Waals surface area contributed by atoms with Gasteiger partial charge in [-0.2, -0.15) is 9.57 Å². The molecule has 96 valence electrons. The summed E-state index contributed by atoms with van der Waals surface area (Å²) in [4.78, 5) is 0.219. The zero-order chi connectivity index (χ0) is 13.2. The molecule has 0 aliphatic carbocycles. The zero-order valence-corrected chi connectivity index (χ0v) is 11.2. The third-order valence-electron chi connectivity index (χ3n) is 3.34. The van der Waals surface area contributed by atoms with Crippen molar-refractivity contribution in [3.63, 3.8) is 0 Å². The van der Waals surface area contributed by atoms with Crippen molar-refractivity contribution in [2.75, 3.05) is 13.1 Å². The monoisotopic (exact) mass is 264 g/mol. The lowest BCUT2D eigenvalue weighted by molar-refractivity contribution is 0.288. The fourth-order valence-corrected chi connectivity index (χ4v) is 3.62. The largest absolute Gasteiger partial charge is 0.243 e. The van der Waals surface area contributed by atoms with Gasteiger partial charge in [0.15, 0.2) is 0 Å². The first-order valence-corrected chi connectivity index (χ1v) is 7.48. The molecule has 0 bridgehead atoms. The van der Waals surface area contributed by atoms with Gasteiger partial charge < -0.3 is 0 Å². The van der Waals surface area contributed by atoms with Gasteiger partial charge in [-0.1, -0.05) is 13.0 Å². The molecule has 4 nitrogen and oxygen atoms in total. The van der Waals surface area contributed by atoms with Gasteiger partial charge >= 0.3 is 0 Å². The highest BCUT2D eigenvalue weighted by Crippen LogP contribution is 2.23. The van der Waals surface area contributed by atoms with E-state index >= 15 is 0 Å². The molecule has 1 fully saturated rings. The summed E-state index contributed by atoms with van der Waals surface area (Å²) in [7, 11) is -3.44. The highest BCUT2D eigenvalue weighted by molar-refractivity contribution is 7.89. The van der Waals surface area contributed by atoms with Crippen LogP contribution in [0.2, 0.25) is 0 Å². The van der Waals surface area contributed by atoms with Crippen molar-refractivity contribution in [1.82, 2.24) is 4.31 Å². The van der Waals surface area contributed by atoms with E-state index in [9.17, 15) is 8.42 Å². The molecule has 0 N–H and O–H groups in total. The topological polar surface area (TPSA) is 61.2 Å². The van der Waals surface area contributed by atoms with Crippen molar-refractivity contribution in [3.8, 4) is 6.07 Å². The van der Waals surface area contributed by atoms with Crippen molar-refractivity contribution < 1.29 is 8.42 Å². The Labute approximate surface area is 108 Å². The summed E-state index contributed by atoms with van der Waals surface area (Å²) >= 11 is 0. The van der Waals surface area contributed by atoms with Crippen LogP contribution in [-0.4, -0.2) is 25.8 Å². The second-order valence-corrected chi connectivity index (χ2v) is 6.66. The Morgan fingerprint density at radius 3 is 2.61 bits per heavy atom. The highest BCUT2D eigenvalue weighted by Gasteiger charge is 2.27. The van der Waals surface area contributed by atoms with Crippen molar-refractivity contribution in [2.24, 2.45) is 5.92 Å². The quantitative estimate of drug-likeness (QED) is 0.820. The van der Waals surface area contributed by atoms with E-state index in [1.165, 1.54) is 10.4 Å². The molecule has 5 heteroatoms. The van der Waals surface area contributed by atoms with E-state index in [0.29, 0.717) is 24.6 Å². The Morgan fingerprint density at radius 1 is 1.33 bits per heavy atom. The van der Waals surface area contributed by atoms with Gasteiger partial charge in [0.2, 0.25) is 10.0 Å². The van der Waals surface area contributed by atoms with E-state index in [1.54, 1.807) is 18.2 Å². The van der Waals surface area contributed by atoms with Crippen LogP contribution >= 0.6 is 0 Å². The number of hydrogen-bond acceptors (Lipinski definition) is 3. The Bertz CT molecular complexity index is 567. The zero-order valence-electron chi connectivity index (χ0n) is 10.3. The van der Waals surface area contributed by atoms with Gasteiger partial charge in [0.25, 0.3) is 0 Å². The second kappa shape index (κ2) is 5.09. The van der Waals surface area contributed by atoms with Crippen molar-refractivity contribution >= 4 is 10.0 Å². The van der Waals surface area contributed by atoms with Gasteiger partial charge in [-0.3, -0.25) is 0 Å². The Morgan fingerprint density at radius 2 is 2.00 bits per heavy atom. The van der Waals surface area contributed by atoms with Crippen molar-refractivity contribution in [2.45, 2.75) is 24.7 Å². The molecule has 1 aromatic carbocycles. The van der Waals surface area contributed by atoms with E-state index in [-0.39, 0.29) is 4.90 Å². The summed E-state index contributed by atoms with van der Waals surface area (Å²) in [6.07, 6.45) is 1.80. The molecule has 0 saturated carbocycles. The minimum atomic E-state index is -3.44. The summed E-state index contributed by atoms with van der Waals surface area (Å²) < 4.78 is 26.3. The van der Waals surface area contributed by atoms with Crippen LogP contribution in [0.4, 0.5) is 0 Å². The van der Waals surface area contributed by atoms with Gasteiger partial charge in [0.1, 0.15) is 0 Å². The SMILES string of the molecule is CC1CCN(S(=O)(=O)c2cccc(C#N)c2)CC1. The van der Waals surface area contributed by atoms with Crippen LogP contribution in [0.15, 0.2) is 29.2 Å². The number of sulfonamides is 1. The number of rotatable bonds is 2. The minimum absolute atomic E-state index is 0.219. The molecule has 1 saturated heterocycles. The first-order chi connectivity index (χ1) is 8.54. The number of hydrogen-bond donors (Lipinski definition) is 0. The van der Waals surface area contributed by atoms with Gasteiger partial charge in [-0.15, -0.1) is 0 Å². The molecule has 0 amide bonds. The maximum Gasteiger partial charge on any atom is 0.243 e. The van der Waals surface area contributed by atoms with Gasteiger partial charge in [0.05, 0.1) is 16.5 Å². The molecule has 1 aromatic rings. The minimum Gasteiger partial charge on any atom is -0.207 e. The van der Waals surface area contributed by atoms with Crippen LogP contribution in [0, 0.1) is 17.2 Å². The van der Waals surface area contributed by atoms with Gasteiger partial charge in [-0.25, -0.2) is 8.42 Å². The predicted octanol–water partition coefficient (Wildman–Crippen LogP) is 1.98. The summed E-state index contributed by atoms with van der Waals surface area (Å²) in [5, 5.41) is 8.81. The number of piperidine rings is 1. The van der Waals surface area contributed by atoms with Gasteiger partial charge in [0, 0.05) is 13.1 Å². The van der Waals surface area contributed by atoms with Crippen LogP contribution in [0.1, 0.15) is 25.3 Å². The molecular formula is C13H16N2O2S. The van der Waals surface area contributed by atoms with E-state index in [4.69, 9.17) is 5.26 Å². The molecule has 2 rings (SSSR count). The van der Waals surface area contributed by atoms with Crippen molar-refractivity contribution in [3.05, 3.63) is 29.8 Å². The molecule has 0 atom stereocenters. The Hall–Kier alpha value is -1.38. The third kappa shape index (κ3) is 2.55. The summed E-state index contributed by atoms with van der Waals surface area (Å²) in [5.74, 6) is 0.585. The average Bonchev–Trinajstić information content (AvgIpc) is 2.39. The second-order valence-electron chi connectivity index (χ2n) is 4.73. The fourth-order valence-electron chi connectivity index (χ4n) is 2.10. The first kappa shape index (κ1) is 13.1. The first-order valence-electron chi connectivity index (χ1n) is 6.04. The van der Waals surface area contributed by atoms with Crippen LogP contribution in [0.25, 0.3) is 0 Å². The lowest BCUT2D eigenvalue weighted by Crippen LogP contribution is -2.37. The maximum atomic E-state index is 12.4. The summed E-state index contributed by atoms with van der Waals surface area (Å²) in [6, 6.07) is 8.17. The highest BCUT2D eigenvalue weighted by atomic mass is 32.2. The van der Waals surface area contributed by atoms with Crippen molar-refractivity contribution in [1.29, 1.82) is 5.26 Å². The summed E-state index contributed by atoms with van der Waals surface area (Å²) in [5.41, 5.74) is 0.376. The molecule has 0 aromatic heterocycles. The average molecular weight is 264 g/mol. The molecule has 0 unspecified atom stereocenters. The maximum absolute atomic E-state index is 12.4. The predicted molar refractivity (Wildman–Crippen MR) is 68.3 cm³/mol. The van der Waals surface area contributed by atoms with Crippen LogP contribution in [0.5, 0.6) is 0 Å². The molecule has 0 spiro atoms. The smallest absolute Gasteiger partial charge is 0.207 e. The van der Waals surface area contributed by atoms with E-state index < -0.39 is 10.0 Å². The molecule has 1 aliphatic heterocycles. The fraction of sp³-hybridized carbons (Fsp3) is 0.462. The van der Waals surface area contributed by atoms with Crippen LogP contribution in [0.3, 0.4) is 0 Å². The lowest BCUT2D eigenvalue weighted by atomic mass is 10.0. The summed E-state index contributed by atoms with van der Waals surface area (Å²) in [6.45, 7) is 3.28. The molecule has 1 heterocycles. The van der Waals surface area contributed by atoms with Crippen LogP contribution < -0.4 is 0 Å². The number of nitrogens with zero attached hydrogens (tertiary/aromatic N) is 2. The standard InChI is InChI=1S/C13H16N2O2S/c1-11-5-7-15(8-6-11)18(16,17)13-4-2-3-12(9-13)10-14/h2-4,9,11H,5-8H2,1H3. The molecule has 18 heavy (non-hydrogen) atoms. The van der Waals surface area contributed by atoms with E-state index in [1.807, 2.05) is 6.07 Å². The normalized spacial score (nSPS) is 18.4. The Kier molecular flexibility index (Phi) is 3.69. The molecular weight excluding hydrogens is 248 g/mol. The number of benzene rings is 1. The van der Waals surface area contributed by atoms with E-state index in [0.717, 1.165) is 12.8 Å². The third-order valence-corrected chi connectivity index (χ3v) is 5.24. The van der Waals surface area contributed by atoms with E-state index in [2.05, 4.69) is 6.92 Å². The Balaban J connectivity index is 2.28.